The van der Waals surface area contributed by atoms with Crippen molar-refractivity contribution in [3.05, 3.63) is 92.8 Å². The molecule has 3 heterocycles. The summed E-state index contributed by atoms with van der Waals surface area (Å²) in [6.07, 6.45) is 0. The van der Waals surface area contributed by atoms with E-state index >= 15 is 0 Å². The van der Waals surface area contributed by atoms with E-state index in [9.17, 15) is 14.3 Å². The Morgan fingerprint density at radius 2 is 2.00 bits per heavy atom. The third kappa shape index (κ3) is 4.82. The first kappa shape index (κ1) is 24.6. The fourth-order valence-corrected chi connectivity index (χ4v) is 4.78. The molecule has 2 aromatic carbocycles. The summed E-state index contributed by atoms with van der Waals surface area (Å²) in [5.74, 6) is -0.915. The lowest BCUT2D eigenvalue weighted by molar-refractivity contribution is 0.0691. The van der Waals surface area contributed by atoms with Crippen molar-refractivity contribution in [2.45, 2.75) is 33.0 Å². The van der Waals surface area contributed by atoms with Crippen LogP contribution in [0.15, 0.2) is 58.1 Å². The second-order valence-corrected chi connectivity index (χ2v) is 9.33. The van der Waals surface area contributed by atoms with Gasteiger partial charge in [0, 0.05) is 30.1 Å². The fraction of sp³-hybridized carbons (Fsp3) is 0.222. The van der Waals surface area contributed by atoms with Gasteiger partial charge in [0.1, 0.15) is 29.0 Å². The molecule has 8 nitrogen and oxygen atoms in total. The van der Waals surface area contributed by atoms with Crippen LogP contribution in [0.25, 0.3) is 11.0 Å². The largest absolute Gasteiger partial charge is 0.476 e. The molecule has 1 aliphatic heterocycles. The van der Waals surface area contributed by atoms with E-state index in [1.54, 1.807) is 18.2 Å². The van der Waals surface area contributed by atoms with Crippen LogP contribution in [0.1, 0.15) is 45.7 Å². The molecule has 1 aliphatic rings. The van der Waals surface area contributed by atoms with Crippen molar-refractivity contribution in [2.24, 2.45) is 5.16 Å². The smallest absolute Gasteiger partial charge is 0.356 e. The van der Waals surface area contributed by atoms with Gasteiger partial charge in [-0.3, -0.25) is 0 Å². The van der Waals surface area contributed by atoms with Gasteiger partial charge in [0.15, 0.2) is 11.6 Å². The number of hydrogen-bond donors (Lipinski definition) is 2. The number of rotatable bonds is 6. The zero-order valence-corrected chi connectivity index (χ0v) is 21.1. The number of nitrogens with one attached hydrogen (secondary N) is 1. The predicted octanol–water partition coefficient (Wildman–Crippen LogP) is 5.78. The Morgan fingerprint density at radius 1 is 1.22 bits per heavy atom. The standard InChI is InChI=1S/C27H24ClFN4O4/c1-14-8-19(15(2)30-21-6-7-23(28)31-25(21)27(34)35)26-20(9-14)22(32-36-3)11-24(37-26)33-12-16-4-5-18(29)10-17(16)13-33/h4-11,15,30H,12-13H2,1-3H3,(H,34,35)/b32-22-/t15-/m1/s1. The monoisotopic (exact) mass is 522 g/mol. The molecule has 0 bridgehead atoms. The molecular formula is C27H24ClFN4O4. The summed E-state index contributed by atoms with van der Waals surface area (Å²) in [4.78, 5) is 22.8. The predicted molar refractivity (Wildman–Crippen MR) is 138 cm³/mol. The van der Waals surface area contributed by atoms with Crippen molar-refractivity contribution in [2.75, 3.05) is 17.3 Å². The van der Waals surface area contributed by atoms with Gasteiger partial charge in [-0.2, -0.15) is 0 Å². The number of carboxylic acids is 1. The second-order valence-electron chi connectivity index (χ2n) is 8.94. The van der Waals surface area contributed by atoms with Gasteiger partial charge in [-0.05, 0) is 60.9 Å². The Kier molecular flexibility index (Phi) is 6.47. The first-order valence-electron chi connectivity index (χ1n) is 11.6. The Balaban J connectivity index is 1.61. The first-order valence-corrected chi connectivity index (χ1v) is 12.0. The van der Waals surface area contributed by atoms with Gasteiger partial charge in [-0.15, -0.1) is 0 Å². The number of anilines is 2. The summed E-state index contributed by atoms with van der Waals surface area (Å²) in [5, 5.41) is 18.5. The maximum absolute atomic E-state index is 13.8. The third-order valence-corrected chi connectivity index (χ3v) is 6.51. The van der Waals surface area contributed by atoms with Crippen molar-refractivity contribution in [1.82, 2.24) is 4.98 Å². The van der Waals surface area contributed by atoms with Gasteiger partial charge in [0.05, 0.1) is 11.7 Å². The van der Waals surface area contributed by atoms with Gasteiger partial charge >= 0.3 is 5.97 Å². The van der Waals surface area contributed by atoms with Gasteiger partial charge in [-0.1, -0.05) is 28.9 Å². The summed E-state index contributed by atoms with van der Waals surface area (Å²) in [7, 11) is 1.48. The summed E-state index contributed by atoms with van der Waals surface area (Å²) >= 11 is 5.92. The number of carboxylic acid groups (broad SMARTS) is 1. The highest BCUT2D eigenvalue weighted by molar-refractivity contribution is 6.29. The van der Waals surface area contributed by atoms with Crippen LogP contribution in [0, 0.1) is 12.7 Å². The summed E-state index contributed by atoms with van der Waals surface area (Å²) in [6.45, 7) is 4.91. The van der Waals surface area contributed by atoms with Crippen LogP contribution >= 0.6 is 11.6 Å². The van der Waals surface area contributed by atoms with Crippen LogP contribution in [0.4, 0.5) is 16.0 Å². The molecule has 190 valence electrons. The summed E-state index contributed by atoms with van der Waals surface area (Å²) in [6, 6.07) is 13.3. The number of aryl methyl sites for hydroxylation is 1. The van der Waals surface area contributed by atoms with E-state index in [1.807, 2.05) is 30.9 Å². The molecule has 2 N–H and O–H groups in total. The molecule has 1 atom stereocenters. The molecule has 0 radical (unpaired) electrons. The van der Waals surface area contributed by atoms with Crippen molar-refractivity contribution in [3.8, 4) is 0 Å². The molecule has 2 aromatic heterocycles. The molecule has 0 fully saturated rings. The quantitative estimate of drug-likeness (QED) is 0.244. The van der Waals surface area contributed by atoms with Crippen molar-refractivity contribution in [3.63, 3.8) is 0 Å². The molecule has 0 spiro atoms. The average Bonchev–Trinajstić information content (AvgIpc) is 3.28. The van der Waals surface area contributed by atoms with E-state index in [-0.39, 0.29) is 22.7 Å². The van der Waals surface area contributed by atoms with Gasteiger partial charge < -0.3 is 24.6 Å². The number of benzene rings is 2. The maximum Gasteiger partial charge on any atom is 0.356 e. The number of pyridine rings is 1. The van der Waals surface area contributed by atoms with Crippen LogP contribution < -0.4 is 15.6 Å². The average molecular weight is 523 g/mol. The number of halogens is 2. The SMILES string of the molecule is CO/N=c1/cc(N2Cc3ccc(F)cc3C2)oc2c([C@@H](C)Nc3ccc(Cl)nc3C(=O)O)cc(C)cc12. The minimum absolute atomic E-state index is 0.0913. The maximum atomic E-state index is 13.8. The number of aromatic nitrogens is 1. The molecule has 0 saturated carbocycles. The molecule has 0 amide bonds. The Morgan fingerprint density at radius 3 is 2.76 bits per heavy atom. The van der Waals surface area contributed by atoms with Crippen LogP contribution in [-0.2, 0) is 17.9 Å². The topological polar surface area (TPSA) is 100 Å². The van der Waals surface area contributed by atoms with Crippen molar-refractivity contribution < 1.29 is 23.5 Å². The second kappa shape index (κ2) is 9.74. The van der Waals surface area contributed by atoms with E-state index < -0.39 is 5.97 Å². The number of nitrogens with zero attached hydrogens (tertiary/aromatic N) is 3. The Hall–Kier alpha value is -4.11. The zero-order valence-electron chi connectivity index (χ0n) is 20.4. The highest BCUT2D eigenvalue weighted by Crippen LogP contribution is 2.34. The number of aromatic carboxylic acids is 1. The fourth-order valence-electron chi connectivity index (χ4n) is 4.63. The summed E-state index contributed by atoms with van der Waals surface area (Å²) < 4.78 is 20.3. The highest BCUT2D eigenvalue weighted by Gasteiger charge is 2.24. The highest BCUT2D eigenvalue weighted by atomic mass is 35.5. The first-order chi connectivity index (χ1) is 17.7. The summed E-state index contributed by atoms with van der Waals surface area (Å²) in [5.41, 5.74) is 4.40. The van der Waals surface area contributed by atoms with Crippen LogP contribution in [0.5, 0.6) is 0 Å². The number of hydrogen-bond acceptors (Lipinski definition) is 7. The van der Waals surface area contributed by atoms with E-state index in [1.165, 1.54) is 25.3 Å². The van der Waals surface area contributed by atoms with Crippen molar-refractivity contribution >= 4 is 40.1 Å². The van der Waals surface area contributed by atoms with Crippen LogP contribution in [0.3, 0.4) is 0 Å². The molecule has 0 aliphatic carbocycles. The van der Waals surface area contributed by atoms with Crippen molar-refractivity contribution in [1.29, 1.82) is 0 Å². The third-order valence-electron chi connectivity index (χ3n) is 6.30. The van der Waals surface area contributed by atoms with Gasteiger partial charge in [0.25, 0.3) is 0 Å². The normalized spacial score (nSPS) is 14.1. The molecule has 5 rings (SSSR count). The molecular weight excluding hydrogens is 499 g/mol. The lowest BCUT2D eigenvalue weighted by atomic mass is 10.0. The zero-order chi connectivity index (χ0) is 26.3. The molecule has 10 heteroatoms. The lowest BCUT2D eigenvalue weighted by Crippen LogP contribution is -2.18. The Labute approximate surface area is 216 Å². The molecule has 0 unspecified atom stereocenters. The van der Waals surface area contributed by atoms with E-state index in [0.29, 0.717) is 35.6 Å². The number of carbonyl (C=O) groups is 1. The van der Waals surface area contributed by atoms with Crippen LogP contribution in [-0.4, -0.2) is 23.2 Å². The minimum atomic E-state index is -1.19. The number of fused-ring (bicyclic) bond motifs is 2. The molecule has 0 saturated heterocycles. The van der Waals surface area contributed by atoms with E-state index in [2.05, 4.69) is 15.5 Å². The van der Waals surface area contributed by atoms with E-state index in [4.69, 9.17) is 20.9 Å². The van der Waals surface area contributed by atoms with Crippen LogP contribution in [0.2, 0.25) is 5.15 Å². The van der Waals surface area contributed by atoms with Gasteiger partial charge in [0.2, 0.25) is 0 Å². The molecule has 4 aromatic rings. The Bertz CT molecular complexity index is 1600. The minimum Gasteiger partial charge on any atom is -0.476 e. The van der Waals surface area contributed by atoms with Gasteiger partial charge in [-0.25, -0.2) is 14.2 Å². The molecule has 37 heavy (non-hydrogen) atoms. The van der Waals surface area contributed by atoms with E-state index in [0.717, 1.165) is 27.6 Å². The lowest BCUT2D eigenvalue weighted by Gasteiger charge is -2.21.